The van der Waals surface area contributed by atoms with Gasteiger partial charge in [0.2, 0.25) is 5.91 Å². The van der Waals surface area contributed by atoms with E-state index in [1.54, 1.807) is 0 Å². The van der Waals surface area contributed by atoms with Crippen molar-refractivity contribution in [1.29, 1.82) is 0 Å². The molecule has 3 rings (SSSR count). The van der Waals surface area contributed by atoms with Crippen LogP contribution in [-0.4, -0.2) is 31.2 Å². The van der Waals surface area contributed by atoms with E-state index in [2.05, 4.69) is 22.8 Å². The normalized spacial score (nSPS) is 26.1. The number of hydrogen-bond acceptors (Lipinski definition) is 3. The predicted molar refractivity (Wildman–Crippen MR) is 84.6 cm³/mol. The molecule has 2 heterocycles. The van der Waals surface area contributed by atoms with Crippen molar-refractivity contribution in [2.75, 3.05) is 13.2 Å². The van der Waals surface area contributed by atoms with Gasteiger partial charge in [-0.25, -0.2) is 0 Å². The number of hydrogen-bond donors (Lipinski definition) is 2. The first kappa shape index (κ1) is 16.3. The highest BCUT2D eigenvalue weighted by Gasteiger charge is 2.30. The van der Waals surface area contributed by atoms with Crippen molar-refractivity contribution in [1.82, 2.24) is 10.6 Å². The molecule has 2 N–H and O–H groups in total. The molecule has 4 nitrogen and oxygen atoms in total. The SMILES string of the molecule is Cl.O=C(NC1CCOCC1)[C@H]1CC[C@H](c2ccccc2)N1. The first-order valence-corrected chi connectivity index (χ1v) is 7.52. The second-order valence-corrected chi connectivity index (χ2v) is 5.66. The van der Waals surface area contributed by atoms with Crippen LogP contribution in [0.15, 0.2) is 30.3 Å². The standard InChI is InChI=1S/C16H22N2O2.ClH/c19-16(17-13-8-10-20-11-9-13)15-7-6-14(18-15)12-4-2-1-3-5-12;/h1-5,13-15,18H,6-11H2,(H,17,19);1H/t14-,15-;/m1./s1. The third-order valence-corrected chi connectivity index (χ3v) is 4.23. The fourth-order valence-corrected chi connectivity index (χ4v) is 3.04. The number of benzene rings is 1. The highest BCUT2D eigenvalue weighted by molar-refractivity contribution is 5.85. The Balaban J connectivity index is 0.00000161. The van der Waals surface area contributed by atoms with Crippen LogP contribution in [0.5, 0.6) is 0 Å². The maximum Gasteiger partial charge on any atom is 0.237 e. The van der Waals surface area contributed by atoms with Crippen molar-refractivity contribution in [2.24, 2.45) is 0 Å². The summed E-state index contributed by atoms with van der Waals surface area (Å²) < 4.78 is 5.31. The topological polar surface area (TPSA) is 50.4 Å². The van der Waals surface area contributed by atoms with Gasteiger partial charge in [-0.1, -0.05) is 30.3 Å². The van der Waals surface area contributed by atoms with Crippen molar-refractivity contribution in [3.63, 3.8) is 0 Å². The van der Waals surface area contributed by atoms with Gasteiger partial charge in [0.15, 0.2) is 0 Å². The zero-order valence-corrected chi connectivity index (χ0v) is 12.9. The van der Waals surface area contributed by atoms with E-state index in [1.165, 1.54) is 5.56 Å². The van der Waals surface area contributed by atoms with Gasteiger partial charge in [0, 0.05) is 25.3 Å². The summed E-state index contributed by atoms with van der Waals surface area (Å²) in [6, 6.07) is 10.9. The number of ether oxygens (including phenoxy) is 1. The molecule has 2 saturated heterocycles. The van der Waals surface area contributed by atoms with E-state index in [0.717, 1.165) is 38.9 Å². The van der Waals surface area contributed by atoms with Crippen molar-refractivity contribution in [2.45, 2.75) is 43.8 Å². The number of carbonyl (C=O) groups is 1. The summed E-state index contributed by atoms with van der Waals surface area (Å²) in [6.07, 6.45) is 3.80. The van der Waals surface area contributed by atoms with Gasteiger partial charge in [0.25, 0.3) is 0 Å². The summed E-state index contributed by atoms with van der Waals surface area (Å²) in [5.74, 6) is 0.148. The zero-order chi connectivity index (χ0) is 13.8. The molecule has 1 aromatic carbocycles. The molecule has 0 spiro atoms. The largest absolute Gasteiger partial charge is 0.381 e. The van der Waals surface area contributed by atoms with E-state index in [-0.39, 0.29) is 30.4 Å². The maximum absolute atomic E-state index is 12.3. The highest BCUT2D eigenvalue weighted by Crippen LogP contribution is 2.26. The van der Waals surface area contributed by atoms with E-state index in [1.807, 2.05) is 18.2 Å². The van der Waals surface area contributed by atoms with Gasteiger partial charge in [-0.15, -0.1) is 12.4 Å². The number of amides is 1. The molecule has 2 aliphatic heterocycles. The van der Waals surface area contributed by atoms with Crippen LogP contribution in [0, 0.1) is 0 Å². The quantitative estimate of drug-likeness (QED) is 0.900. The molecule has 1 amide bonds. The Morgan fingerprint density at radius 1 is 1.10 bits per heavy atom. The van der Waals surface area contributed by atoms with E-state index < -0.39 is 0 Å². The van der Waals surface area contributed by atoms with Crippen molar-refractivity contribution >= 4 is 18.3 Å². The van der Waals surface area contributed by atoms with Crippen LogP contribution in [0.4, 0.5) is 0 Å². The van der Waals surface area contributed by atoms with E-state index >= 15 is 0 Å². The lowest BCUT2D eigenvalue weighted by Gasteiger charge is -2.25. The fraction of sp³-hybridized carbons (Fsp3) is 0.562. The molecule has 0 saturated carbocycles. The molecule has 2 atom stereocenters. The molecule has 116 valence electrons. The summed E-state index contributed by atoms with van der Waals surface area (Å²) >= 11 is 0. The third-order valence-electron chi connectivity index (χ3n) is 4.23. The Bertz CT molecular complexity index is 449. The molecule has 0 unspecified atom stereocenters. The Kier molecular flexibility index (Phi) is 6.03. The number of carbonyl (C=O) groups excluding carboxylic acids is 1. The molecule has 2 fully saturated rings. The van der Waals surface area contributed by atoms with E-state index in [4.69, 9.17) is 4.74 Å². The summed E-state index contributed by atoms with van der Waals surface area (Å²) in [5, 5.41) is 6.60. The smallest absolute Gasteiger partial charge is 0.237 e. The second-order valence-electron chi connectivity index (χ2n) is 5.66. The average molecular weight is 311 g/mol. The fourth-order valence-electron chi connectivity index (χ4n) is 3.04. The van der Waals surface area contributed by atoms with Gasteiger partial charge in [-0.3, -0.25) is 10.1 Å². The molecule has 0 bridgehead atoms. The summed E-state index contributed by atoms with van der Waals surface area (Å²) in [7, 11) is 0. The molecule has 0 radical (unpaired) electrons. The van der Waals surface area contributed by atoms with Gasteiger partial charge in [-0.05, 0) is 31.2 Å². The van der Waals surface area contributed by atoms with Crippen LogP contribution < -0.4 is 10.6 Å². The molecule has 0 aromatic heterocycles. The van der Waals surface area contributed by atoms with Gasteiger partial charge in [0.05, 0.1) is 6.04 Å². The lowest BCUT2D eigenvalue weighted by Crippen LogP contribution is -2.47. The molecular formula is C16H23ClN2O2. The minimum atomic E-state index is -0.0527. The van der Waals surface area contributed by atoms with E-state index in [0.29, 0.717) is 6.04 Å². The Morgan fingerprint density at radius 3 is 2.52 bits per heavy atom. The summed E-state index contributed by atoms with van der Waals surface area (Å²) in [4.78, 5) is 12.3. The summed E-state index contributed by atoms with van der Waals surface area (Å²) in [5.41, 5.74) is 1.27. The number of rotatable bonds is 3. The van der Waals surface area contributed by atoms with Crippen LogP contribution in [-0.2, 0) is 9.53 Å². The molecule has 1 aromatic rings. The Morgan fingerprint density at radius 2 is 1.81 bits per heavy atom. The van der Waals surface area contributed by atoms with Gasteiger partial charge < -0.3 is 10.1 Å². The predicted octanol–water partition coefficient (Wildman–Crippen LogP) is 2.20. The van der Waals surface area contributed by atoms with E-state index in [9.17, 15) is 4.79 Å². The minimum absolute atomic E-state index is 0. The minimum Gasteiger partial charge on any atom is -0.381 e. The first-order chi connectivity index (χ1) is 9.83. The van der Waals surface area contributed by atoms with Crippen LogP contribution in [0.1, 0.15) is 37.3 Å². The monoisotopic (exact) mass is 310 g/mol. The van der Waals surface area contributed by atoms with Crippen molar-refractivity contribution in [3.8, 4) is 0 Å². The van der Waals surface area contributed by atoms with Crippen LogP contribution in [0.3, 0.4) is 0 Å². The van der Waals surface area contributed by atoms with Gasteiger partial charge in [0.1, 0.15) is 0 Å². The van der Waals surface area contributed by atoms with Crippen LogP contribution in [0.2, 0.25) is 0 Å². The highest BCUT2D eigenvalue weighted by atomic mass is 35.5. The molecular weight excluding hydrogens is 288 g/mol. The number of halogens is 1. The number of nitrogens with one attached hydrogen (secondary N) is 2. The van der Waals surface area contributed by atoms with Gasteiger partial charge in [-0.2, -0.15) is 0 Å². The van der Waals surface area contributed by atoms with Gasteiger partial charge >= 0.3 is 0 Å². The Hall–Kier alpha value is -1.10. The van der Waals surface area contributed by atoms with Crippen molar-refractivity contribution < 1.29 is 9.53 Å². The lowest BCUT2D eigenvalue weighted by atomic mass is 10.1. The molecule has 21 heavy (non-hydrogen) atoms. The maximum atomic E-state index is 12.3. The van der Waals surface area contributed by atoms with Crippen molar-refractivity contribution in [3.05, 3.63) is 35.9 Å². The first-order valence-electron chi connectivity index (χ1n) is 7.52. The summed E-state index contributed by atoms with van der Waals surface area (Å²) in [6.45, 7) is 1.52. The zero-order valence-electron chi connectivity index (χ0n) is 12.1. The van der Waals surface area contributed by atoms with Crippen LogP contribution in [0.25, 0.3) is 0 Å². The third kappa shape index (κ3) is 4.19. The molecule has 5 heteroatoms. The average Bonchev–Trinajstić information content (AvgIpc) is 2.99. The second kappa shape index (κ2) is 7.78. The molecule has 2 aliphatic rings. The lowest BCUT2D eigenvalue weighted by molar-refractivity contribution is -0.124. The Labute approximate surface area is 132 Å². The molecule has 0 aliphatic carbocycles. The van der Waals surface area contributed by atoms with Crippen LogP contribution >= 0.6 is 12.4 Å².